The van der Waals surface area contributed by atoms with Crippen molar-refractivity contribution in [2.75, 3.05) is 31.5 Å². The number of nitrogens with zero attached hydrogens (tertiary/aromatic N) is 3. The van der Waals surface area contributed by atoms with Crippen molar-refractivity contribution in [2.45, 2.75) is 52.9 Å². The van der Waals surface area contributed by atoms with Crippen molar-refractivity contribution in [2.24, 2.45) is 9.98 Å². The van der Waals surface area contributed by atoms with Gasteiger partial charge in [0, 0.05) is 13.0 Å². The maximum absolute atomic E-state index is 5.00. The second kappa shape index (κ2) is 11.7. The Morgan fingerprint density at radius 3 is 2.47 bits per heavy atom. The summed E-state index contributed by atoms with van der Waals surface area (Å²) in [6.45, 7) is 10.6. The first-order valence-corrected chi connectivity index (χ1v) is 11.5. The van der Waals surface area contributed by atoms with Gasteiger partial charge in [-0.2, -0.15) is 0 Å². The van der Waals surface area contributed by atoms with Crippen LogP contribution >= 0.6 is 0 Å². The molecule has 1 aliphatic heterocycles. The lowest BCUT2D eigenvalue weighted by molar-refractivity contribution is 0.313. The molecule has 2 aromatic rings. The van der Waals surface area contributed by atoms with Crippen LogP contribution in [0.25, 0.3) is 0 Å². The average Bonchev–Trinajstić information content (AvgIpc) is 2.96. The largest absolute Gasteiger partial charge is 0.342 e. The molecule has 0 amide bonds. The second-order valence-corrected chi connectivity index (χ2v) is 7.89. The molecule has 0 radical (unpaired) electrons. The van der Waals surface area contributed by atoms with Crippen molar-refractivity contribution in [3.05, 3.63) is 59.7 Å². The molecule has 2 aromatic carbocycles. The number of fused-ring (bicyclic) bond motifs is 1. The third kappa shape index (κ3) is 6.27. The van der Waals surface area contributed by atoms with E-state index in [4.69, 9.17) is 9.98 Å². The van der Waals surface area contributed by atoms with Gasteiger partial charge in [-0.3, -0.25) is 9.98 Å². The van der Waals surface area contributed by atoms with E-state index in [1.54, 1.807) is 0 Å². The van der Waals surface area contributed by atoms with E-state index in [1.807, 2.05) is 12.1 Å². The molecule has 4 nitrogen and oxygen atoms in total. The Morgan fingerprint density at radius 1 is 0.967 bits per heavy atom. The van der Waals surface area contributed by atoms with Crippen molar-refractivity contribution in [3.8, 4) is 0 Å². The van der Waals surface area contributed by atoms with Gasteiger partial charge in [-0.15, -0.1) is 0 Å². The number of anilines is 1. The minimum absolute atomic E-state index is 0.724. The van der Waals surface area contributed by atoms with E-state index >= 15 is 0 Å². The van der Waals surface area contributed by atoms with Crippen molar-refractivity contribution in [3.63, 3.8) is 0 Å². The number of hydrogen-bond acceptors (Lipinski definition) is 3. The molecular formula is C26H36N4. The number of hydrogen-bond donors (Lipinski definition) is 1. The number of benzene rings is 2. The molecule has 1 N–H and O–H groups in total. The molecule has 30 heavy (non-hydrogen) atoms. The van der Waals surface area contributed by atoms with Gasteiger partial charge in [-0.25, -0.2) is 0 Å². The average molecular weight is 405 g/mol. The highest BCUT2D eigenvalue weighted by Gasteiger charge is 2.16. The Balaban J connectivity index is 1.79. The third-order valence-electron chi connectivity index (χ3n) is 5.74. The summed E-state index contributed by atoms with van der Waals surface area (Å²) in [7, 11) is 0. The number of para-hydroxylation sites is 2. The Morgan fingerprint density at radius 2 is 1.73 bits per heavy atom. The molecule has 0 unspecified atom stereocenters. The van der Waals surface area contributed by atoms with E-state index < -0.39 is 0 Å². The zero-order chi connectivity index (χ0) is 21.2. The van der Waals surface area contributed by atoms with Crippen LogP contribution in [0.5, 0.6) is 0 Å². The molecule has 3 rings (SSSR count). The Hall–Kier alpha value is -2.46. The van der Waals surface area contributed by atoms with E-state index in [-0.39, 0.29) is 0 Å². The van der Waals surface area contributed by atoms with E-state index in [1.165, 1.54) is 30.4 Å². The molecule has 0 aliphatic carbocycles. The molecule has 0 saturated heterocycles. The number of unbranched alkanes of at least 4 members (excludes halogenated alkanes) is 2. The van der Waals surface area contributed by atoms with Crippen LogP contribution in [0.1, 0.15) is 57.6 Å². The van der Waals surface area contributed by atoms with E-state index in [0.29, 0.717) is 0 Å². The first-order chi connectivity index (χ1) is 14.7. The fourth-order valence-corrected chi connectivity index (χ4v) is 3.79. The minimum atomic E-state index is 0.724. The first-order valence-electron chi connectivity index (χ1n) is 11.5. The molecule has 0 aromatic heterocycles. The number of nitrogens with one attached hydrogen (secondary N) is 1. The summed E-state index contributed by atoms with van der Waals surface area (Å²) in [6, 6.07) is 17.2. The van der Waals surface area contributed by atoms with Gasteiger partial charge in [-0.1, -0.05) is 70.0 Å². The zero-order valence-corrected chi connectivity index (χ0v) is 18.8. The smallest absolute Gasteiger partial charge is 0.107 e. The zero-order valence-electron chi connectivity index (χ0n) is 18.8. The molecular weight excluding hydrogens is 368 g/mol. The van der Waals surface area contributed by atoms with Gasteiger partial charge >= 0.3 is 0 Å². The Kier molecular flexibility index (Phi) is 8.64. The summed E-state index contributed by atoms with van der Waals surface area (Å²) >= 11 is 0. The summed E-state index contributed by atoms with van der Waals surface area (Å²) < 4.78 is 0. The predicted molar refractivity (Wildman–Crippen MR) is 131 cm³/mol. The number of amidine groups is 1. The van der Waals surface area contributed by atoms with Crippen molar-refractivity contribution in [1.82, 2.24) is 4.90 Å². The normalized spacial score (nSPS) is 14.9. The lowest BCUT2D eigenvalue weighted by Gasteiger charge is -2.17. The fourth-order valence-electron chi connectivity index (χ4n) is 3.79. The summed E-state index contributed by atoms with van der Waals surface area (Å²) in [4.78, 5) is 12.3. The van der Waals surface area contributed by atoms with Crippen LogP contribution in [0.4, 0.5) is 11.4 Å². The molecule has 0 saturated carbocycles. The first kappa shape index (κ1) is 22.2. The van der Waals surface area contributed by atoms with Gasteiger partial charge in [0.2, 0.25) is 0 Å². The van der Waals surface area contributed by atoms with Crippen LogP contribution in [0, 0.1) is 0 Å². The fraction of sp³-hybridized carbons (Fsp3) is 0.462. The monoisotopic (exact) mass is 404 g/mol. The summed E-state index contributed by atoms with van der Waals surface area (Å²) in [6.07, 6.45) is 5.70. The molecule has 0 bridgehead atoms. The van der Waals surface area contributed by atoms with E-state index in [9.17, 15) is 0 Å². The lowest BCUT2D eigenvalue weighted by Crippen LogP contribution is -2.26. The number of rotatable bonds is 10. The number of aliphatic imine (C=N–C) groups is 2. The number of aryl methyl sites for hydroxylation is 1. The van der Waals surface area contributed by atoms with E-state index in [2.05, 4.69) is 67.4 Å². The topological polar surface area (TPSA) is 40.0 Å². The maximum Gasteiger partial charge on any atom is 0.107 e. The van der Waals surface area contributed by atoms with Crippen LogP contribution in [0.2, 0.25) is 0 Å². The van der Waals surface area contributed by atoms with Crippen LogP contribution in [-0.4, -0.2) is 42.6 Å². The summed E-state index contributed by atoms with van der Waals surface area (Å²) in [5, 5.41) is 3.53. The SMILES string of the molecule is CCCCCc1ccc(C2=Nc3ccccc3NC(=NCCN(CC)CC)C2)cc1. The van der Waals surface area contributed by atoms with Crippen molar-refractivity contribution < 1.29 is 0 Å². The number of likely N-dealkylation sites (N-methyl/N-ethyl adjacent to an activating group) is 1. The van der Waals surface area contributed by atoms with Crippen LogP contribution in [0.3, 0.4) is 0 Å². The molecule has 4 heteroatoms. The van der Waals surface area contributed by atoms with Crippen LogP contribution in [0.15, 0.2) is 58.5 Å². The molecule has 0 fully saturated rings. The molecule has 0 atom stereocenters. The summed E-state index contributed by atoms with van der Waals surface area (Å²) in [5.74, 6) is 0.998. The van der Waals surface area contributed by atoms with Crippen molar-refractivity contribution >= 4 is 22.9 Å². The highest BCUT2D eigenvalue weighted by atomic mass is 15.1. The third-order valence-corrected chi connectivity index (χ3v) is 5.74. The Bertz CT molecular complexity index is 848. The highest BCUT2D eigenvalue weighted by molar-refractivity contribution is 6.18. The standard InChI is InChI=1S/C26H36N4/c1-4-7-8-11-21-14-16-22(17-15-21)25-20-26(27-18-19-30(5-2)6-3)29-24-13-10-9-12-23(24)28-25/h9-10,12-17H,4-8,11,18-20H2,1-3H3,(H,27,29). The van der Waals surface area contributed by atoms with Gasteiger partial charge in [0.1, 0.15) is 5.84 Å². The van der Waals surface area contributed by atoms with E-state index in [0.717, 1.165) is 61.9 Å². The molecule has 0 spiro atoms. The molecule has 1 heterocycles. The highest BCUT2D eigenvalue weighted by Crippen LogP contribution is 2.29. The minimum Gasteiger partial charge on any atom is -0.342 e. The van der Waals surface area contributed by atoms with Crippen LogP contribution < -0.4 is 5.32 Å². The van der Waals surface area contributed by atoms with Crippen LogP contribution in [-0.2, 0) is 6.42 Å². The second-order valence-electron chi connectivity index (χ2n) is 7.89. The van der Waals surface area contributed by atoms with Gasteiger partial charge in [0.15, 0.2) is 0 Å². The maximum atomic E-state index is 5.00. The van der Waals surface area contributed by atoms with Crippen molar-refractivity contribution in [1.29, 1.82) is 0 Å². The molecule has 160 valence electrons. The van der Waals surface area contributed by atoms with Gasteiger partial charge in [0.25, 0.3) is 0 Å². The van der Waals surface area contributed by atoms with Gasteiger partial charge < -0.3 is 10.2 Å². The lowest BCUT2D eigenvalue weighted by atomic mass is 10.0. The summed E-state index contributed by atoms with van der Waals surface area (Å²) in [5.41, 5.74) is 5.69. The van der Waals surface area contributed by atoms with Gasteiger partial charge in [-0.05, 0) is 49.2 Å². The Labute approximate surface area is 182 Å². The molecule has 1 aliphatic rings. The quantitative estimate of drug-likeness (QED) is 0.486. The predicted octanol–water partition coefficient (Wildman–Crippen LogP) is 6.10. The van der Waals surface area contributed by atoms with Gasteiger partial charge in [0.05, 0.1) is 23.6 Å².